The molecule has 0 spiro atoms. The molecule has 1 N–H and O–H groups in total. The second-order valence-corrected chi connectivity index (χ2v) is 9.52. The Bertz CT molecular complexity index is 1830. The van der Waals surface area contributed by atoms with Gasteiger partial charge in [-0.05, 0) is 69.7 Å². The minimum Gasteiger partial charge on any atom is -0.508 e. The molecule has 2 aliphatic heterocycles. The van der Waals surface area contributed by atoms with Gasteiger partial charge in [-0.15, -0.1) is 0 Å². The predicted molar refractivity (Wildman–Crippen MR) is 150 cm³/mol. The third-order valence-electron chi connectivity index (χ3n) is 6.36. The summed E-state index contributed by atoms with van der Waals surface area (Å²) in [5.41, 5.74) is 2.23. The summed E-state index contributed by atoms with van der Waals surface area (Å²) in [6, 6.07) is 15.8. The number of aromatic hydroxyl groups is 1. The first-order valence-corrected chi connectivity index (χ1v) is 12.7. The topological polar surface area (TPSA) is 142 Å². The number of carbonyl (C=O) groups excluding carboxylic acids is 2. The molecular weight excluding hydrogens is 556 g/mol. The van der Waals surface area contributed by atoms with E-state index in [1.54, 1.807) is 70.2 Å². The Morgan fingerprint density at radius 1 is 0.683 bits per heavy atom. The lowest BCUT2D eigenvalue weighted by Gasteiger charge is -2.14. The molecule has 2 aromatic carbocycles. The fraction of sp³-hybridized carbons (Fsp3) is 0.200. The SMILES string of the molecule is CC1=C(C)C(Cl)OC1=O.CC1=C(C)C(Oc2ccc3ccc(=O)oc3c2)OC1=O.O=c1ccc2ccc(O)cc2o1. The molecule has 4 aromatic rings. The van der Waals surface area contributed by atoms with Crippen LogP contribution in [0.4, 0.5) is 0 Å². The summed E-state index contributed by atoms with van der Waals surface area (Å²) < 4.78 is 25.3. The van der Waals surface area contributed by atoms with Crippen LogP contribution in [0.3, 0.4) is 0 Å². The van der Waals surface area contributed by atoms with E-state index in [4.69, 9.17) is 35.0 Å². The van der Waals surface area contributed by atoms with Gasteiger partial charge in [-0.3, -0.25) is 0 Å². The number of alkyl halides is 1. The zero-order chi connectivity index (χ0) is 29.8. The number of carbonyl (C=O) groups is 2. The van der Waals surface area contributed by atoms with Crippen LogP contribution < -0.4 is 16.0 Å². The highest BCUT2D eigenvalue weighted by molar-refractivity contribution is 6.23. The maximum absolute atomic E-state index is 11.4. The van der Waals surface area contributed by atoms with Crippen LogP contribution in [0.2, 0.25) is 0 Å². The molecule has 2 aliphatic rings. The fourth-order valence-corrected chi connectivity index (χ4v) is 3.86. The van der Waals surface area contributed by atoms with E-state index < -0.39 is 23.1 Å². The van der Waals surface area contributed by atoms with Gasteiger partial charge in [0.2, 0.25) is 0 Å². The van der Waals surface area contributed by atoms with E-state index in [2.05, 4.69) is 4.74 Å². The molecule has 0 bridgehead atoms. The normalized spacial score (nSPS) is 18.0. The molecule has 0 saturated carbocycles. The molecule has 4 heterocycles. The minimum atomic E-state index is -0.726. The number of phenols is 1. The number of benzene rings is 2. The van der Waals surface area contributed by atoms with Gasteiger partial charge in [-0.2, -0.15) is 0 Å². The molecule has 2 atom stereocenters. The molecule has 212 valence electrons. The predicted octanol–water partition coefficient (Wildman–Crippen LogP) is 5.33. The van der Waals surface area contributed by atoms with E-state index in [0.29, 0.717) is 28.1 Å². The van der Waals surface area contributed by atoms with Crippen LogP contribution in [0.25, 0.3) is 21.9 Å². The number of hydrogen-bond donors (Lipinski definition) is 1. The van der Waals surface area contributed by atoms with Gasteiger partial charge < -0.3 is 28.2 Å². The lowest BCUT2D eigenvalue weighted by molar-refractivity contribution is -0.149. The van der Waals surface area contributed by atoms with Crippen molar-refractivity contribution in [3.63, 3.8) is 0 Å². The van der Waals surface area contributed by atoms with Gasteiger partial charge in [0.05, 0.1) is 0 Å². The van der Waals surface area contributed by atoms with E-state index in [1.807, 2.05) is 0 Å². The van der Waals surface area contributed by atoms with Crippen molar-refractivity contribution < 1.29 is 37.7 Å². The van der Waals surface area contributed by atoms with E-state index in [1.165, 1.54) is 18.2 Å². The number of hydrogen-bond acceptors (Lipinski definition) is 10. The summed E-state index contributed by atoms with van der Waals surface area (Å²) in [6.45, 7) is 6.98. The number of esters is 2. The summed E-state index contributed by atoms with van der Waals surface area (Å²) in [7, 11) is 0. The molecule has 10 nitrogen and oxygen atoms in total. The third-order valence-corrected chi connectivity index (χ3v) is 6.77. The molecule has 0 aliphatic carbocycles. The number of cyclic esters (lactones) is 2. The number of fused-ring (bicyclic) bond motifs is 2. The summed E-state index contributed by atoms with van der Waals surface area (Å²) in [4.78, 5) is 44.0. The van der Waals surface area contributed by atoms with Gasteiger partial charge in [0.1, 0.15) is 22.7 Å². The van der Waals surface area contributed by atoms with Crippen molar-refractivity contribution in [1.29, 1.82) is 0 Å². The van der Waals surface area contributed by atoms with E-state index >= 15 is 0 Å². The molecule has 0 amide bonds. The summed E-state index contributed by atoms with van der Waals surface area (Å²) in [5.74, 6) is -0.108. The second-order valence-electron chi connectivity index (χ2n) is 9.12. The zero-order valence-electron chi connectivity index (χ0n) is 22.4. The number of ether oxygens (including phenoxy) is 3. The van der Waals surface area contributed by atoms with Crippen LogP contribution >= 0.6 is 11.6 Å². The highest BCUT2D eigenvalue weighted by Crippen LogP contribution is 2.27. The average molecular weight is 581 g/mol. The summed E-state index contributed by atoms with van der Waals surface area (Å²) >= 11 is 5.55. The molecule has 6 rings (SSSR count). The molecule has 2 aromatic heterocycles. The first-order chi connectivity index (χ1) is 19.4. The van der Waals surface area contributed by atoms with Gasteiger partial charge >= 0.3 is 23.2 Å². The van der Waals surface area contributed by atoms with E-state index in [-0.39, 0.29) is 17.7 Å². The van der Waals surface area contributed by atoms with Crippen LogP contribution in [0.1, 0.15) is 27.7 Å². The van der Waals surface area contributed by atoms with E-state index in [0.717, 1.165) is 21.9 Å². The fourth-order valence-electron chi connectivity index (χ4n) is 3.61. The van der Waals surface area contributed by atoms with Crippen LogP contribution in [0, 0.1) is 0 Å². The second kappa shape index (κ2) is 12.1. The van der Waals surface area contributed by atoms with Crippen LogP contribution in [-0.2, 0) is 19.1 Å². The molecule has 0 fully saturated rings. The van der Waals surface area contributed by atoms with Gasteiger partial charge in [0, 0.05) is 51.8 Å². The quantitative estimate of drug-likeness (QED) is 0.188. The Morgan fingerprint density at radius 2 is 1.20 bits per heavy atom. The zero-order valence-corrected chi connectivity index (χ0v) is 23.2. The van der Waals surface area contributed by atoms with Crippen LogP contribution in [-0.4, -0.2) is 28.9 Å². The lowest BCUT2D eigenvalue weighted by atomic mass is 10.2. The summed E-state index contributed by atoms with van der Waals surface area (Å²) in [6.07, 6.45) is -0.726. The van der Waals surface area contributed by atoms with Crippen LogP contribution in [0.15, 0.2) is 101 Å². The molecule has 0 radical (unpaired) electrons. The molecule has 2 unspecified atom stereocenters. The van der Waals surface area contributed by atoms with Crippen molar-refractivity contribution in [2.45, 2.75) is 39.5 Å². The van der Waals surface area contributed by atoms with Crippen molar-refractivity contribution in [2.24, 2.45) is 0 Å². The molecule has 41 heavy (non-hydrogen) atoms. The Kier molecular flexibility index (Phi) is 8.63. The maximum Gasteiger partial charge on any atom is 0.337 e. The van der Waals surface area contributed by atoms with Crippen molar-refractivity contribution >= 4 is 45.5 Å². The van der Waals surface area contributed by atoms with Crippen LogP contribution in [0.5, 0.6) is 11.5 Å². The number of phenolic OH excluding ortho intramolecular Hbond substituents is 1. The van der Waals surface area contributed by atoms with Crippen molar-refractivity contribution in [3.8, 4) is 11.5 Å². The smallest absolute Gasteiger partial charge is 0.337 e. The van der Waals surface area contributed by atoms with Gasteiger partial charge in [0.15, 0.2) is 5.56 Å². The number of rotatable bonds is 2. The Labute approximate surface area is 238 Å². The Balaban J connectivity index is 0.000000156. The molecule has 11 heteroatoms. The third kappa shape index (κ3) is 6.85. The van der Waals surface area contributed by atoms with Gasteiger partial charge in [-0.1, -0.05) is 11.6 Å². The highest BCUT2D eigenvalue weighted by atomic mass is 35.5. The average Bonchev–Trinajstić information content (AvgIpc) is 3.31. The maximum atomic E-state index is 11.4. The largest absolute Gasteiger partial charge is 0.508 e. The minimum absolute atomic E-state index is 0.0943. The van der Waals surface area contributed by atoms with E-state index in [9.17, 15) is 19.2 Å². The standard InChI is InChI=1S/C15H12O5.C9H6O3.C6H7ClO2/c1-8-9(2)15(20-14(8)17)18-11-5-3-10-4-6-13(16)19-12(10)7-11;10-7-3-1-6-2-4-9(11)12-8(6)5-7;1-3-4(2)6(8)9-5(3)7/h3-7,15H,1-2H3;1-5,10H;5H,1-2H3. The first-order valence-electron chi connectivity index (χ1n) is 12.3. The molecular formula is C30H25ClO10. The highest BCUT2D eigenvalue weighted by Gasteiger charge is 2.30. The van der Waals surface area contributed by atoms with Crippen molar-refractivity contribution in [3.05, 3.63) is 104 Å². The number of halogens is 1. The molecule has 0 saturated heterocycles. The first kappa shape index (κ1) is 29.2. The van der Waals surface area contributed by atoms with Crippen molar-refractivity contribution in [1.82, 2.24) is 0 Å². The van der Waals surface area contributed by atoms with Gasteiger partial charge in [0.25, 0.3) is 6.29 Å². The Morgan fingerprint density at radius 3 is 1.68 bits per heavy atom. The lowest BCUT2D eigenvalue weighted by Crippen LogP contribution is -2.18. The van der Waals surface area contributed by atoms with Crippen molar-refractivity contribution in [2.75, 3.05) is 0 Å². The summed E-state index contributed by atoms with van der Waals surface area (Å²) in [5, 5.41) is 10.7. The Hall–Kier alpha value is -4.83. The monoisotopic (exact) mass is 580 g/mol. The van der Waals surface area contributed by atoms with Gasteiger partial charge in [-0.25, -0.2) is 19.2 Å².